The number of aryl methyl sites for hydroxylation is 1. The highest BCUT2D eigenvalue weighted by atomic mass is 79.9. The maximum Gasteiger partial charge on any atom is 0.273 e. The van der Waals surface area contributed by atoms with Crippen molar-refractivity contribution < 1.29 is 22.1 Å². The molecule has 6 nitrogen and oxygen atoms in total. The minimum absolute atomic E-state index is 0.139. The van der Waals surface area contributed by atoms with Crippen LogP contribution < -0.4 is 4.72 Å². The van der Waals surface area contributed by atoms with Gasteiger partial charge in [0.25, 0.3) is 15.7 Å². The Labute approximate surface area is 138 Å². The van der Waals surface area contributed by atoms with E-state index >= 15 is 0 Å². The third-order valence-corrected chi connectivity index (χ3v) is 4.90. The quantitative estimate of drug-likeness (QED) is 0.618. The van der Waals surface area contributed by atoms with Crippen molar-refractivity contribution >= 4 is 37.3 Å². The van der Waals surface area contributed by atoms with Gasteiger partial charge in [-0.05, 0) is 35.0 Å². The van der Waals surface area contributed by atoms with Gasteiger partial charge in [0.15, 0.2) is 5.82 Å². The van der Waals surface area contributed by atoms with Crippen molar-refractivity contribution in [1.29, 1.82) is 0 Å². The Morgan fingerprint density at radius 1 is 1.22 bits per heavy atom. The fourth-order valence-electron chi connectivity index (χ4n) is 1.79. The second-order valence-corrected chi connectivity index (χ2v) is 7.09. The molecule has 0 aromatic heterocycles. The lowest BCUT2D eigenvalue weighted by molar-refractivity contribution is -0.385. The monoisotopic (exact) mass is 406 g/mol. The normalized spacial score (nSPS) is 11.3. The van der Waals surface area contributed by atoms with Crippen LogP contribution in [0.3, 0.4) is 0 Å². The van der Waals surface area contributed by atoms with Gasteiger partial charge in [0.2, 0.25) is 0 Å². The molecule has 0 aliphatic rings. The van der Waals surface area contributed by atoms with Gasteiger partial charge in [-0.1, -0.05) is 6.07 Å². The maximum absolute atomic E-state index is 13.7. The molecular formula is C13H9BrF2N2O4S. The Morgan fingerprint density at radius 3 is 2.43 bits per heavy atom. The van der Waals surface area contributed by atoms with Crippen molar-refractivity contribution in [2.45, 2.75) is 11.8 Å². The maximum atomic E-state index is 13.7. The number of hydrogen-bond acceptors (Lipinski definition) is 4. The fraction of sp³-hybridized carbons (Fsp3) is 0.0769. The molecule has 1 N–H and O–H groups in total. The molecule has 2 rings (SSSR count). The number of halogens is 3. The Balaban J connectivity index is 2.48. The van der Waals surface area contributed by atoms with Crippen LogP contribution in [0.4, 0.5) is 20.2 Å². The van der Waals surface area contributed by atoms with Gasteiger partial charge >= 0.3 is 0 Å². The number of nitrogens with zero attached hydrogens (tertiary/aromatic N) is 1. The molecule has 0 atom stereocenters. The van der Waals surface area contributed by atoms with E-state index in [1.807, 2.05) is 4.72 Å². The smallest absolute Gasteiger partial charge is 0.273 e. The highest BCUT2D eigenvalue weighted by Crippen LogP contribution is 2.30. The second kappa shape index (κ2) is 6.20. The molecular weight excluding hydrogens is 398 g/mol. The van der Waals surface area contributed by atoms with Crippen LogP contribution in [0, 0.1) is 28.7 Å². The number of hydrogen-bond donors (Lipinski definition) is 1. The molecule has 0 spiro atoms. The average molecular weight is 407 g/mol. The van der Waals surface area contributed by atoms with Crippen LogP contribution in [0.25, 0.3) is 0 Å². The van der Waals surface area contributed by atoms with Crippen molar-refractivity contribution in [3.63, 3.8) is 0 Å². The van der Waals surface area contributed by atoms with Crippen LogP contribution in [0.1, 0.15) is 5.56 Å². The summed E-state index contributed by atoms with van der Waals surface area (Å²) in [5.74, 6) is -2.01. The van der Waals surface area contributed by atoms with Gasteiger partial charge in [-0.25, -0.2) is 17.2 Å². The zero-order valence-corrected chi connectivity index (χ0v) is 13.9. The van der Waals surface area contributed by atoms with E-state index in [2.05, 4.69) is 15.9 Å². The summed E-state index contributed by atoms with van der Waals surface area (Å²) in [7, 11) is -4.29. The summed E-state index contributed by atoms with van der Waals surface area (Å²) in [6.45, 7) is 1.46. The molecule has 0 aliphatic heterocycles. The first-order valence-electron chi connectivity index (χ1n) is 6.04. The van der Waals surface area contributed by atoms with Crippen LogP contribution in [-0.2, 0) is 10.0 Å². The highest BCUT2D eigenvalue weighted by molar-refractivity contribution is 9.10. The fourth-order valence-corrected chi connectivity index (χ4v) is 3.53. The summed E-state index contributed by atoms with van der Waals surface area (Å²) in [6, 6.07) is 4.69. The first-order valence-corrected chi connectivity index (χ1v) is 8.32. The summed E-state index contributed by atoms with van der Waals surface area (Å²) in [4.78, 5) is 9.75. The van der Waals surface area contributed by atoms with Gasteiger partial charge < -0.3 is 0 Å². The molecule has 0 unspecified atom stereocenters. The van der Waals surface area contributed by atoms with Crippen molar-refractivity contribution in [2.24, 2.45) is 0 Å². The van der Waals surface area contributed by atoms with E-state index in [0.717, 1.165) is 18.2 Å². The average Bonchev–Trinajstić information content (AvgIpc) is 2.42. The van der Waals surface area contributed by atoms with E-state index in [4.69, 9.17) is 0 Å². The predicted octanol–water partition coefficient (Wildman–Crippen LogP) is 3.74. The van der Waals surface area contributed by atoms with E-state index in [-0.39, 0.29) is 15.7 Å². The molecule has 0 amide bonds. The number of sulfonamides is 1. The minimum atomic E-state index is -4.29. The molecule has 0 radical (unpaired) electrons. The van der Waals surface area contributed by atoms with Crippen LogP contribution in [0.15, 0.2) is 39.7 Å². The predicted molar refractivity (Wildman–Crippen MR) is 82.7 cm³/mol. The highest BCUT2D eigenvalue weighted by Gasteiger charge is 2.22. The topological polar surface area (TPSA) is 89.3 Å². The molecule has 10 heteroatoms. The summed E-state index contributed by atoms with van der Waals surface area (Å²) >= 11 is 2.86. The second-order valence-electron chi connectivity index (χ2n) is 4.56. The lowest BCUT2D eigenvalue weighted by Gasteiger charge is -2.11. The van der Waals surface area contributed by atoms with Crippen molar-refractivity contribution in [3.05, 3.63) is 62.1 Å². The molecule has 0 aliphatic carbocycles. The summed E-state index contributed by atoms with van der Waals surface area (Å²) in [5.41, 5.74) is -0.593. The Kier molecular flexibility index (Phi) is 4.66. The molecule has 0 bridgehead atoms. The van der Waals surface area contributed by atoms with Crippen LogP contribution in [-0.4, -0.2) is 13.3 Å². The zero-order valence-electron chi connectivity index (χ0n) is 11.5. The number of anilines is 1. The van der Waals surface area contributed by atoms with Crippen LogP contribution >= 0.6 is 15.9 Å². The van der Waals surface area contributed by atoms with Gasteiger partial charge in [-0.3, -0.25) is 14.8 Å². The summed E-state index contributed by atoms with van der Waals surface area (Å²) in [6.07, 6.45) is 0. The third kappa shape index (κ3) is 3.64. The van der Waals surface area contributed by atoms with Crippen molar-refractivity contribution in [3.8, 4) is 0 Å². The van der Waals surface area contributed by atoms with Gasteiger partial charge in [0.05, 0.1) is 15.5 Å². The number of benzene rings is 2. The Bertz CT molecular complexity index is 880. The number of nitro benzene ring substituents is 1. The zero-order chi connectivity index (χ0) is 17.4. The van der Waals surface area contributed by atoms with Crippen LogP contribution in [0.2, 0.25) is 0 Å². The molecule has 2 aromatic carbocycles. The first kappa shape index (κ1) is 17.3. The number of nitrogens with one attached hydrogen (secondary N) is 1. The summed E-state index contributed by atoms with van der Waals surface area (Å²) in [5, 5.41) is 10.9. The molecule has 122 valence electrons. The molecule has 0 fully saturated rings. The van der Waals surface area contributed by atoms with E-state index in [9.17, 15) is 27.3 Å². The first-order chi connectivity index (χ1) is 10.6. The Morgan fingerprint density at radius 2 is 1.87 bits per heavy atom. The lowest BCUT2D eigenvalue weighted by atomic mass is 10.2. The standard InChI is InChI=1S/C13H9BrF2N2O4S/c1-7-2-3-9(6-12(7)18(19)20)23(21,22)17-13-10(14)4-8(15)5-11(13)16/h2-6,17H,1H3. The van der Waals surface area contributed by atoms with E-state index in [1.54, 1.807) is 0 Å². The molecule has 23 heavy (non-hydrogen) atoms. The largest absolute Gasteiger partial charge is 0.275 e. The SMILES string of the molecule is Cc1ccc(S(=O)(=O)Nc2c(F)cc(F)cc2Br)cc1[N+](=O)[O-]. The molecule has 0 saturated heterocycles. The van der Waals surface area contributed by atoms with Crippen molar-refractivity contribution in [2.75, 3.05) is 4.72 Å². The van der Waals surface area contributed by atoms with Crippen molar-refractivity contribution in [1.82, 2.24) is 0 Å². The molecule has 2 aromatic rings. The van der Waals surface area contributed by atoms with Gasteiger partial charge in [-0.2, -0.15) is 0 Å². The van der Waals surface area contributed by atoms with Gasteiger partial charge in [-0.15, -0.1) is 0 Å². The number of rotatable bonds is 4. The molecule has 0 heterocycles. The molecule has 0 saturated carbocycles. The van der Waals surface area contributed by atoms with E-state index < -0.39 is 37.2 Å². The van der Waals surface area contributed by atoms with E-state index in [1.165, 1.54) is 13.0 Å². The Hall–Kier alpha value is -2.07. The summed E-state index contributed by atoms with van der Waals surface area (Å²) < 4.78 is 53.1. The third-order valence-electron chi connectivity index (χ3n) is 2.93. The lowest BCUT2D eigenvalue weighted by Crippen LogP contribution is -2.15. The van der Waals surface area contributed by atoms with Crippen LogP contribution in [0.5, 0.6) is 0 Å². The van der Waals surface area contributed by atoms with Gasteiger partial charge in [0, 0.05) is 22.2 Å². The van der Waals surface area contributed by atoms with E-state index in [0.29, 0.717) is 6.07 Å². The van der Waals surface area contributed by atoms with Gasteiger partial charge in [0.1, 0.15) is 5.82 Å². The minimum Gasteiger partial charge on any atom is -0.275 e. The number of nitro groups is 1.